The van der Waals surface area contributed by atoms with Crippen LogP contribution in [-0.4, -0.2) is 31.1 Å². The van der Waals surface area contributed by atoms with Crippen molar-refractivity contribution >= 4 is 28.3 Å². The second-order valence-corrected chi connectivity index (χ2v) is 6.34. The molecule has 0 amide bonds. The van der Waals surface area contributed by atoms with Crippen molar-refractivity contribution in [3.05, 3.63) is 28.2 Å². The van der Waals surface area contributed by atoms with E-state index in [1.54, 1.807) is 7.11 Å². The number of methoxy groups -OCH3 is 1. The molecule has 1 unspecified atom stereocenters. The normalized spacial score (nSPS) is 18.4. The molecule has 0 radical (unpaired) electrons. The van der Waals surface area contributed by atoms with Gasteiger partial charge in [-0.05, 0) is 50.9 Å². The van der Waals surface area contributed by atoms with Gasteiger partial charge in [0.25, 0.3) is 0 Å². The summed E-state index contributed by atoms with van der Waals surface area (Å²) in [5.74, 6) is 1.65. The summed E-state index contributed by atoms with van der Waals surface area (Å²) < 4.78 is 6.51. The third kappa shape index (κ3) is 4.62. The van der Waals surface area contributed by atoms with Crippen molar-refractivity contribution in [1.29, 1.82) is 0 Å². The second-order valence-electron chi connectivity index (χ2n) is 5.43. The van der Waals surface area contributed by atoms with E-state index in [0.29, 0.717) is 12.0 Å². The summed E-state index contributed by atoms with van der Waals surface area (Å²) in [5, 5.41) is 0. The van der Waals surface area contributed by atoms with Crippen molar-refractivity contribution in [3.8, 4) is 5.75 Å². The first-order valence-corrected chi connectivity index (χ1v) is 7.70. The van der Waals surface area contributed by atoms with E-state index in [2.05, 4.69) is 39.9 Å². The molecule has 5 heteroatoms. The highest BCUT2D eigenvalue weighted by Gasteiger charge is 2.22. The van der Waals surface area contributed by atoms with Gasteiger partial charge in [0.1, 0.15) is 5.75 Å². The Labute approximate surface area is 136 Å². The van der Waals surface area contributed by atoms with Crippen LogP contribution in [0.2, 0.25) is 0 Å². The molecule has 2 rings (SSSR count). The van der Waals surface area contributed by atoms with Crippen LogP contribution in [0.15, 0.2) is 22.7 Å². The van der Waals surface area contributed by atoms with Crippen molar-refractivity contribution in [1.82, 2.24) is 4.90 Å². The number of piperidine rings is 1. The predicted octanol–water partition coefficient (Wildman–Crippen LogP) is 3.44. The molecule has 1 saturated heterocycles. The zero-order valence-electron chi connectivity index (χ0n) is 12.1. The zero-order valence-corrected chi connectivity index (χ0v) is 14.5. The van der Waals surface area contributed by atoms with Gasteiger partial charge in [-0.1, -0.05) is 22.0 Å². The SMILES string of the molecule is COc1cc(Br)ccc1CN1CCC(C(C)N)CC1.Cl. The molecule has 1 aromatic carbocycles. The maximum atomic E-state index is 5.98. The third-order valence-corrected chi connectivity index (χ3v) is 4.51. The van der Waals surface area contributed by atoms with Crippen LogP contribution in [-0.2, 0) is 6.54 Å². The van der Waals surface area contributed by atoms with Crippen molar-refractivity contribution in [2.75, 3.05) is 20.2 Å². The van der Waals surface area contributed by atoms with E-state index in [0.717, 1.165) is 29.9 Å². The Morgan fingerprint density at radius 3 is 2.60 bits per heavy atom. The van der Waals surface area contributed by atoms with E-state index in [9.17, 15) is 0 Å². The van der Waals surface area contributed by atoms with Gasteiger partial charge in [0.05, 0.1) is 7.11 Å². The largest absolute Gasteiger partial charge is 0.496 e. The average Bonchev–Trinajstić information content (AvgIpc) is 2.41. The van der Waals surface area contributed by atoms with E-state index in [1.807, 2.05) is 6.07 Å². The minimum atomic E-state index is 0. The number of rotatable bonds is 4. The van der Waals surface area contributed by atoms with Crippen LogP contribution in [0.3, 0.4) is 0 Å². The van der Waals surface area contributed by atoms with Gasteiger partial charge in [-0.2, -0.15) is 0 Å². The molecule has 1 aromatic rings. The van der Waals surface area contributed by atoms with Gasteiger partial charge >= 0.3 is 0 Å². The molecule has 20 heavy (non-hydrogen) atoms. The maximum Gasteiger partial charge on any atom is 0.124 e. The first-order valence-electron chi connectivity index (χ1n) is 6.90. The highest BCUT2D eigenvalue weighted by molar-refractivity contribution is 9.10. The zero-order chi connectivity index (χ0) is 13.8. The van der Waals surface area contributed by atoms with Crippen molar-refractivity contribution in [2.45, 2.75) is 32.4 Å². The maximum absolute atomic E-state index is 5.98. The van der Waals surface area contributed by atoms with Crippen LogP contribution in [0.5, 0.6) is 5.75 Å². The summed E-state index contributed by atoms with van der Waals surface area (Å²) in [7, 11) is 1.73. The molecule has 1 aliphatic rings. The monoisotopic (exact) mass is 362 g/mol. The molecule has 0 saturated carbocycles. The molecular formula is C15H24BrClN2O. The Hall–Kier alpha value is -0.290. The molecule has 114 valence electrons. The molecule has 1 fully saturated rings. The fourth-order valence-electron chi connectivity index (χ4n) is 2.73. The first kappa shape index (κ1) is 17.8. The van der Waals surface area contributed by atoms with E-state index >= 15 is 0 Å². The molecule has 0 bridgehead atoms. The molecule has 2 N–H and O–H groups in total. The molecule has 3 nitrogen and oxygen atoms in total. The number of halogens is 2. The lowest BCUT2D eigenvalue weighted by atomic mass is 9.91. The highest BCUT2D eigenvalue weighted by atomic mass is 79.9. The number of likely N-dealkylation sites (tertiary alicyclic amines) is 1. The molecule has 1 heterocycles. The summed E-state index contributed by atoms with van der Waals surface area (Å²) in [5.41, 5.74) is 7.24. The van der Waals surface area contributed by atoms with Crippen LogP contribution >= 0.6 is 28.3 Å². The second kappa shape index (κ2) is 8.23. The van der Waals surface area contributed by atoms with Gasteiger partial charge in [0.15, 0.2) is 0 Å². The predicted molar refractivity (Wildman–Crippen MR) is 89.6 cm³/mol. The number of hydrogen-bond donors (Lipinski definition) is 1. The van der Waals surface area contributed by atoms with Crippen molar-refractivity contribution < 1.29 is 4.74 Å². The van der Waals surface area contributed by atoms with Gasteiger partial charge in [-0.25, -0.2) is 0 Å². The Morgan fingerprint density at radius 2 is 2.05 bits per heavy atom. The van der Waals surface area contributed by atoms with Crippen LogP contribution in [0.1, 0.15) is 25.3 Å². The van der Waals surface area contributed by atoms with E-state index in [-0.39, 0.29) is 12.4 Å². The van der Waals surface area contributed by atoms with Crippen LogP contribution in [0.25, 0.3) is 0 Å². The molecular weight excluding hydrogens is 340 g/mol. The van der Waals surface area contributed by atoms with Crippen molar-refractivity contribution in [2.24, 2.45) is 11.7 Å². The van der Waals surface area contributed by atoms with Gasteiger partial charge in [-0.3, -0.25) is 4.90 Å². The molecule has 0 aromatic heterocycles. The summed E-state index contributed by atoms with van der Waals surface area (Å²) in [4.78, 5) is 2.49. The number of nitrogens with zero attached hydrogens (tertiary/aromatic N) is 1. The first-order chi connectivity index (χ1) is 9.10. The van der Waals surface area contributed by atoms with E-state index in [1.165, 1.54) is 18.4 Å². The number of benzene rings is 1. The lowest BCUT2D eigenvalue weighted by Crippen LogP contribution is -2.39. The van der Waals surface area contributed by atoms with E-state index < -0.39 is 0 Å². The fourth-order valence-corrected chi connectivity index (χ4v) is 3.07. The van der Waals surface area contributed by atoms with Gasteiger partial charge < -0.3 is 10.5 Å². The summed E-state index contributed by atoms with van der Waals surface area (Å²) in [6.07, 6.45) is 2.41. The Bertz CT molecular complexity index is 420. The fraction of sp³-hybridized carbons (Fsp3) is 0.600. The third-order valence-electron chi connectivity index (χ3n) is 4.02. The van der Waals surface area contributed by atoms with Crippen LogP contribution in [0.4, 0.5) is 0 Å². The van der Waals surface area contributed by atoms with Crippen LogP contribution in [0, 0.1) is 5.92 Å². The molecule has 0 spiro atoms. The van der Waals surface area contributed by atoms with Crippen molar-refractivity contribution in [3.63, 3.8) is 0 Å². The average molecular weight is 364 g/mol. The number of ether oxygens (including phenoxy) is 1. The highest BCUT2D eigenvalue weighted by Crippen LogP contribution is 2.27. The molecule has 1 atom stereocenters. The minimum absolute atomic E-state index is 0. The lowest BCUT2D eigenvalue weighted by molar-refractivity contribution is 0.164. The van der Waals surface area contributed by atoms with Crippen LogP contribution < -0.4 is 10.5 Å². The van der Waals surface area contributed by atoms with E-state index in [4.69, 9.17) is 10.5 Å². The minimum Gasteiger partial charge on any atom is -0.496 e. The number of nitrogens with two attached hydrogens (primary N) is 1. The quantitative estimate of drug-likeness (QED) is 0.890. The Morgan fingerprint density at radius 1 is 1.40 bits per heavy atom. The lowest BCUT2D eigenvalue weighted by Gasteiger charge is -2.33. The summed E-state index contributed by atoms with van der Waals surface area (Å²) in [6, 6.07) is 6.57. The Balaban J connectivity index is 0.00000200. The smallest absolute Gasteiger partial charge is 0.124 e. The Kier molecular flexibility index (Phi) is 7.30. The summed E-state index contributed by atoms with van der Waals surface area (Å²) in [6.45, 7) is 5.34. The van der Waals surface area contributed by atoms with Gasteiger partial charge in [0.2, 0.25) is 0 Å². The number of hydrogen-bond acceptors (Lipinski definition) is 3. The molecule has 1 aliphatic heterocycles. The standard InChI is InChI=1S/C15H23BrN2O.ClH/c1-11(17)12-5-7-18(8-6-12)10-13-3-4-14(16)9-15(13)19-2;/h3-4,9,11-12H,5-8,10,17H2,1-2H3;1H. The summed E-state index contributed by atoms with van der Waals surface area (Å²) >= 11 is 3.48. The van der Waals surface area contributed by atoms with Gasteiger partial charge in [-0.15, -0.1) is 12.4 Å². The topological polar surface area (TPSA) is 38.5 Å². The molecule has 0 aliphatic carbocycles. The van der Waals surface area contributed by atoms with Gasteiger partial charge in [0, 0.05) is 22.6 Å².